The molecular formula is C13H8BrCl2FO. The molecule has 0 heterocycles. The van der Waals surface area contributed by atoms with E-state index in [9.17, 15) is 4.39 Å². The van der Waals surface area contributed by atoms with Crippen LogP contribution in [0, 0.1) is 5.82 Å². The third-order valence-electron chi connectivity index (χ3n) is 2.27. The number of alkyl halides is 1. The normalized spacial score (nSPS) is 10.4. The van der Waals surface area contributed by atoms with E-state index in [1.807, 2.05) is 0 Å². The van der Waals surface area contributed by atoms with E-state index in [2.05, 4.69) is 15.9 Å². The minimum absolute atomic E-state index is 0.151. The van der Waals surface area contributed by atoms with Gasteiger partial charge in [-0.05, 0) is 29.8 Å². The molecule has 0 saturated heterocycles. The van der Waals surface area contributed by atoms with Crippen molar-refractivity contribution in [2.24, 2.45) is 0 Å². The van der Waals surface area contributed by atoms with Crippen LogP contribution in [0.2, 0.25) is 10.0 Å². The van der Waals surface area contributed by atoms with Crippen molar-refractivity contribution < 1.29 is 9.13 Å². The van der Waals surface area contributed by atoms with E-state index in [0.29, 0.717) is 21.1 Å². The minimum Gasteiger partial charge on any atom is -0.454 e. The molecule has 0 aliphatic carbocycles. The Morgan fingerprint density at radius 3 is 2.44 bits per heavy atom. The smallest absolute Gasteiger partial charge is 0.166 e. The second kappa shape index (κ2) is 5.91. The summed E-state index contributed by atoms with van der Waals surface area (Å²) >= 11 is 14.9. The Labute approximate surface area is 123 Å². The second-order valence-corrected chi connectivity index (χ2v) is 4.95. The van der Waals surface area contributed by atoms with Crippen LogP contribution in [-0.2, 0) is 5.33 Å². The average molecular weight is 350 g/mol. The maximum atomic E-state index is 13.7. The van der Waals surface area contributed by atoms with Crippen LogP contribution in [0.1, 0.15) is 5.56 Å². The molecule has 2 aromatic rings. The third kappa shape index (κ3) is 3.16. The highest BCUT2D eigenvalue weighted by atomic mass is 79.9. The van der Waals surface area contributed by atoms with Gasteiger partial charge in [-0.15, -0.1) is 0 Å². The Hall–Kier alpha value is -0.770. The molecule has 0 aliphatic rings. The van der Waals surface area contributed by atoms with Crippen molar-refractivity contribution in [3.05, 3.63) is 57.8 Å². The molecule has 0 N–H and O–H groups in total. The van der Waals surface area contributed by atoms with Crippen molar-refractivity contribution >= 4 is 39.1 Å². The van der Waals surface area contributed by atoms with E-state index in [0.717, 1.165) is 5.56 Å². The monoisotopic (exact) mass is 348 g/mol. The SMILES string of the molecule is Fc1cc(CBr)ccc1Oc1ccc(Cl)c(Cl)c1. The average Bonchev–Trinajstić information content (AvgIpc) is 2.36. The van der Waals surface area contributed by atoms with E-state index < -0.39 is 5.82 Å². The summed E-state index contributed by atoms with van der Waals surface area (Å²) in [5.41, 5.74) is 0.842. The van der Waals surface area contributed by atoms with Crippen LogP contribution in [0.25, 0.3) is 0 Å². The zero-order valence-electron chi connectivity index (χ0n) is 9.09. The molecule has 2 rings (SSSR count). The molecule has 1 nitrogen and oxygen atoms in total. The van der Waals surface area contributed by atoms with Gasteiger partial charge in [0, 0.05) is 11.4 Å². The van der Waals surface area contributed by atoms with Gasteiger partial charge in [0.05, 0.1) is 10.0 Å². The number of halogens is 4. The van der Waals surface area contributed by atoms with Gasteiger partial charge in [-0.1, -0.05) is 45.2 Å². The summed E-state index contributed by atoms with van der Waals surface area (Å²) in [5, 5.41) is 1.39. The summed E-state index contributed by atoms with van der Waals surface area (Å²) in [5.74, 6) is 0.172. The second-order valence-electron chi connectivity index (χ2n) is 3.58. The lowest BCUT2D eigenvalue weighted by Gasteiger charge is -2.08. The zero-order valence-corrected chi connectivity index (χ0v) is 12.2. The number of hydrogen-bond donors (Lipinski definition) is 0. The molecule has 0 saturated carbocycles. The maximum absolute atomic E-state index is 13.7. The highest BCUT2D eigenvalue weighted by Gasteiger charge is 2.07. The van der Waals surface area contributed by atoms with Gasteiger partial charge in [-0.3, -0.25) is 0 Å². The van der Waals surface area contributed by atoms with E-state index in [1.165, 1.54) is 6.07 Å². The fraction of sp³-hybridized carbons (Fsp3) is 0.0769. The van der Waals surface area contributed by atoms with Crippen LogP contribution >= 0.6 is 39.1 Å². The van der Waals surface area contributed by atoms with Gasteiger partial charge in [-0.25, -0.2) is 4.39 Å². The van der Waals surface area contributed by atoms with Crippen LogP contribution in [-0.4, -0.2) is 0 Å². The fourth-order valence-corrected chi connectivity index (χ4v) is 2.01. The fourth-order valence-electron chi connectivity index (χ4n) is 1.38. The van der Waals surface area contributed by atoms with Crippen molar-refractivity contribution in [2.45, 2.75) is 5.33 Å². The van der Waals surface area contributed by atoms with E-state index in [1.54, 1.807) is 30.3 Å². The highest BCUT2D eigenvalue weighted by molar-refractivity contribution is 9.08. The van der Waals surface area contributed by atoms with Gasteiger partial charge in [0.15, 0.2) is 11.6 Å². The molecule has 0 unspecified atom stereocenters. The lowest BCUT2D eigenvalue weighted by Crippen LogP contribution is -1.90. The van der Waals surface area contributed by atoms with Crippen molar-refractivity contribution in [2.75, 3.05) is 0 Å². The molecule has 2 aromatic carbocycles. The Morgan fingerprint density at radius 1 is 1.06 bits per heavy atom. The molecule has 0 fully saturated rings. The first kappa shape index (κ1) is 13.7. The highest BCUT2D eigenvalue weighted by Crippen LogP contribution is 2.30. The van der Waals surface area contributed by atoms with E-state index in [4.69, 9.17) is 27.9 Å². The summed E-state index contributed by atoms with van der Waals surface area (Å²) in [7, 11) is 0. The van der Waals surface area contributed by atoms with Gasteiger partial charge in [-0.2, -0.15) is 0 Å². The molecule has 0 spiro atoms. The molecule has 94 valence electrons. The van der Waals surface area contributed by atoms with Crippen molar-refractivity contribution in [3.63, 3.8) is 0 Å². The Bertz CT molecular complexity index is 575. The number of rotatable bonds is 3. The molecule has 18 heavy (non-hydrogen) atoms. The van der Waals surface area contributed by atoms with Crippen LogP contribution in [0.3, 0.4) is 0 Å². The predicted molar refractivity (Wildman–Crippen MR) is 75.6 cm³/mol. The minimum atomic E-state index is -0.418. The maximum Gasteiger partial charge on any atom is 0.166 e. The predicted octanol–water partition coefficient (Wildman–Crippen LogP) is 5.82. The Morgan fingerprint density at radius 2 is 1.83 bits per heavy atom. The van der Waals surface area contributed by atoms with Crippen molar-refractivity contribution in [3.8, 4) is 11.5 Å². The Balaban J connectivity index is 2.25. The lowest BCUT2D eigenvalue weighted by molar-refractivity contribution is 0.442. The van der Waals surface area contributed by atoms with Crippen LogP contribution in [0.15, 0.2) is 36.4 Å². The van der Waals surface area contributed by atoms with Crippen LogP contribution in [0.5, 0.6) is 11.5 Å². The third-order valence-corrected chi connectivity index (χ3v) is 3.66. The molecule has 0 aromatic heterocycles. The standard InChI is InChI=1S/C13H8BrCl2FO/c14-7-8-1-4-13(12(17)5-8)18-9-2-3-10(15)11(16)6-9/h1-6H,7H2. The number of ether oxygens (including phenoxy) is 1. The molecule has 0 atom stereocenters. The summed E-state index contributed by atoms with van der Waals surface area (Å²) in [6.07, 6.45) is 0. The lowest BCUT2D eigenvalue weighted by atomic mass is 10.2. The summed E-state index contributed by atoms with van der Waals surface area (Å²) < 4.78 is 19.1. The van der Waals surface area contributed by atoms with Gasteiger partial charge in [0.25, 0.3) is 0 Å². The van der Waals surface area contributed by atoms with Gasteiger partial charge in [0.1, 0.15) is 5.75 Å². The van der Waals surface area contributed by atoms with Gasteiger partial charge in [0.2, 0.25) is 0 Å². The molecule has 0 bridgehead atoms. The molecular weight excluding hydrogens is 342 g/mol. The van der Waals surface area contributed by atoms with Gasteiger partial charge >= 0.3 is 0 Å². The largest absolute Gasteiger partial charge is 0.454 e. The van der Waals surface area contributed by atoms with Crippen LogP contribution < -0.4 is 4.74 Å². The topological polar surface area (TPSA) is 9.23 Å². The molecule has 0 aliphatic heterocycles. The first-order chi connectivity index (χ1) is 8.60. The summed E-state index contributed by atoms with van der Waals surface area (Å²) in [6.45, 7) is 0. The van der Waals surface area contributed by atoms with Gasteiger partial charge < -0.3 is 4.74 Å². The number of benzene rings is 2. The van der Waals surface area contributed by atoms with Crippen molar-refractivity contribution in [1.29, 1.82) is 0 Å². The quantitative estimate of drug-likeness (QED) is 0.634. The summed E-state index contributed by atoms with van der Waals surface area (Å²) in [4.78, 5) is 0. The first-order valence-electron chi connectivity index (χ1n) is 5.07. The van der Waals surface area contributed by atoms with E-state index >= 15 is 0 Å². The molecule has 0 amide bonds. The first-order valence-corrected chi connectivity index (χ1v) is 6.95. The molecule has 0 radical (unpaired) electrons. The molecule has 5 heteroatoms. The van der Waals surface area contributed by atoms with Crippen LogP contribution in [0.4, 0.5) is 4.39 Å². The zero-order chi connectivity index (χ0) is 13.1. The van der Waals surface area contributed by atoms with Crippen molar-refractivity contribution in [1.82, 2.24) is 0 Å². The summed E-state index contributed by atoms with van der Waals surface area (Å²) in [6, 6.07) is 9.55. The Kier molecular flexibility index (Phi) is 4.49. The number of hydrogen-bond acceptors (Lipinski definition) is 1. The van der Waals surface area contributed by atoms with E-state index in [-0.39, 0.29) is 5.75 Å².